The lowest BCUT2D eigenvalue weighted by molar-refractivity contribution is -0.137. The number of carbonyl (C=O) groups excluding carboxylic acids is 1. The molecule has 1 amide bonds. The summed E-state index contributed by atoms with van der Waals surface area (Å²) in [5, 5.41) is 2.67. The first-order valence-electron chi connectivity index (χ1n) is 7.43. The maximum absolute atomic E-state index is 12.7. The van der Waals surface area contributed by atoms with Crippen molar-refractivity contribution in [1.82, 2.24) is 0 Å². The molecule has 2 bridgehead atoms. The van der Waals surface area contributed by atoms with Crippen LogP contribution in [-0.2, 0) is 11.0 Å². The lowest BCUT2D eigenvalue weighted by atomic mass is 10.0. The first-order chi connectivity index (χ1) is 9.95. The highest BCUT2D eigenvalue weighted by atomic mass is 19.4. The second-order valence-electron chi connectivity index (χ2n) is 6.58. The summed E-state index contributed by atoms with van der Waals surface area (Å²) in [5.74, 6) is 2.28. The summed E-state index contributed by atoms with van der Waals surface area (Å²) >= 11 is 0. The van der Waals surface area contributed by atoms with Crippen molar-refractivity contribution >= 4 is 11.6 Å². The fraction of sp³-hybridized carbons (Fsp3) is 0.562. The molecule has 1 aromatic carbocycles. The van der Waals surface area contributed by atoms with Crippen molar-refractivity contribution < 1.29 is 18.0 Å². The van der Waals surface area contributed by atoms with Crippen molar-refractivity contribution in [2.45, 2.75) is 25.4 Å². The zero-order valence-electron chi connectivity index (χ0n) is 11.4. The topological polar surface area (TPSA) is 29.1 Å². The highest BCUT2D eigenvalue weighted by Crippen LogP contribution is 2.69. The summed E-state index contributed by atoms with van der Waals surface area (Å²) in [6, 6.07) is 4.86. The molecule has 0 heterocycles. The molecular weight excluding hydrogens is 279 g/mol. The van der Waals surface area contributed by atoms with E-state index in [2.05, 4.69) is 5.32 Å². The highest BCUT2D eigenvalue weighted by Gasteiger charge is 2.67. The fourth-order valence-electron chi connectivity index (χ4n) is 4.67. The Morgan fingerprint density at radius 2 is 1.81 bits per heavy atom. The number of carbonyl (C=O) groups is 1. The predicted molar refractivity (Wildman–Crippen MR) is 71.4 cm³/mol. The summed E-state index contributed by atoms with van der Waals surface area (Å²) in [6.45, 7) is 0. The van der Waals surface area contributed by atoms with Crippen LogP contribution in [0.3, 0.4) is 0 Å². The molecule has 0 saturated heterocycles. The predicted octanol–water partition coefficient (Wildman–Crippen LogP) is 3.94. The van der Waals surface area contributed by atoms with Gasteiger partial charge in [0.2, 0.25) is 5.91 Å². The van der Waals surface area contributed by atoms with Crippen LogP contribution in [0.15, 0.2) is 24.3 Å². The van der Waals surface area contributed by atoms with Crippen LogP contribution in [-0.4, -0.2) is 5.91 Å². The van der Waals surface area contributed by atoms with Gasteiger partial charge in [-0.2, -0.15) is 13.2 Å². The van der Waals surface area contributed by atoms with E-state index in [9.17, 15) is 18.0 Å². The van der Waals surface area contributed by atoms with Crippen LogP contribution >= 0.6 is 0 Å². The van der Waals surface area contributed by atoms with Crippen molar-refractivity contribution in [3.8, 4) is 0 Å². The minimum Gasteiger partial charge on any atom is -0.326 e. The Bertz CT molecular complexity index is 581. The van der Waals surface area contributed by atoms with Crippen molar-refractivity contribution in [2.75, 3.05) is 5.32 Å². The summed E-state index contributed by atoms with van der Waals surface area (Å²) in [6.07, 6.45) is -0.684. The van der Waals surface area contributed by atoms with Gasteiger partial charge >= 0.3 is 6.18 Å². The molecule has 3 aliphatic rings. The summed E-state index contributed by atoms with van der Waals surface area (Å²) in [4.78, 5) is 12.3. The Kier molecular flexibility index (Phi) is 2.66. The Balaban J connectivity index is 1.46. The molecule has 5 heteroatoms. The number of alkyl halides is 3. The van der Waals surface area contributed by atoms with Crippen LogP contribution in [0.25, 0.3) is 0 Å². The molecule has 3 fully saturated rings. The largest absolute Gasteiger partial charge is 0.416 e. The quantitative estimate of drug-likeness (QED) is 0.880. The van der Waals surface area contributed by atoms with E-state index in [4.69, 9.17) is 0 Å². The Morgan fingerprint density at radius 1 is 1.14 bits per heavy atom. The van der Waals surface area contributed by atoms with Gasteiger partial charge < -0.3 is 5.32 Å². The molecule has 0 aromatic heterocycles. The molecule has 21 heavy (non-hydrogen) atoms. The van der Waals surface area contributed by atoms with Gasteiger partial charge in [0.15, 0.2) is 0 Å². The van der Waals surface area contributed by atoms with Crippen molar-refractivity contribution in [3.63, 3.8) is 0 Å². The summed E-state index contributed by atoms with van der Waals surface area (Å²) in [5.41, 5.74) is -0.483. The van der Waals surface area contributed by atoms with Gasteiger partial charge in [-0.25, -0.2) is 0 Å². The number of hydrogen-bond donors (Lipinski definition) is 1. The Morgan fingerprint density at radius 3 is 2.43 bits per heavy atom. The minimum atomic E-state index is -4.38. The number of fused-ring (bicyclic) bond motifs is 5. The fourth-order valence-corrected chi connectivity index (χ4v) is 4.67. The summed E-state index contributed by atoms with van der Waals surface area (Å²) < 4.78 is 38.0. The second-order valence-corrected chi connectivity index (χ2v) is 6.58. The zero-order chi connectivity index (χ0) is 14.8. The maximum atomic E-state index is 12.7. The normalized spacial score (nSPS) is 36.4. The van der Waals surface area contributed by atoms with E-state index in [1.807, 2.05) is 0 Å². The number of halogens is 3. The van der Waals surface area contributed by atoms with Crippen LogP contribution in [0.4, 0.5) is 18.9 Å². The first kappa shape index (κ1) is 13.2. The van der Waals surface area contributed by atoms with Gasteiger partial charge in [-0.05, 0) is 61.1 Å². The SMILES string of the molecule is O=C(Nc1cccc(C(F)(F)F)c1)C1[C@H]2[C@@H]3CC[C@H](C3)[C@H]12. The van der Waals surface area contributed by atoms with Gasteiger partial charge in [0, 0.05) is 11.6 Å². The number of nitrogens with one attached hydrogen (secondary N) is 1. The number of hydrogen-bond acceptors (Lipinski definition) is 1. The number of rotatable bonds is 2. The maximum Gasteiger partial charge on any atom is 0.416 e. The van der Waals surface area contributed by atoms with E-state index in [0.717, 1.165) is 12.1 Å². The van der Waals surface area contributed by atoms with Crippen LogP contribution in [0.1, 0.15) is 24.8 Å². The van der Waals surface area contributed by atoms with E-state index < -0.39 is 11.7 Å². The molecule has 0 aliphatic heterocycles. The van der Waals surface area contributed by atoms with Crippen LogP contribution < -0.4 is 5.32 Å². The minimum absolute atomic E-state index is 0.0331. The van der Waals surface area contributed by atoms with Crippen molar-refractivity contribution in [1.29, 1.82) is 0 Å². The third-order valence-electron chi connectivity index (χ3n) is 5.50. The third-order valence-corrected chi connectivity index (χ3v) is 5.50. The summed E-state index contributed by atoms with van der Waals surface area (Å²) in [7, 11) is 0. The molecule has 0 unspecified atom stereocenters. The van der Waals surface area contributed by atoms with Gasteiger partial charge in [-0.3, -0.25) is 4.79 Å². The molecular formula is C16H16F3NO. The standard InChI is InChI=1S/C16H16F3NO/c17-16(18,19)10-2-1-3-11(7-10)20-15(21)14-12-8-4-5-9(6-8)13(12)14/h1-3,7-9,12-14H,4-6H2,(H,20,21)/t8-,9-,12+,13+/m1/s1. The van der Waals surface area contributed by atoms with E-state index in [0.29, 0.717) is 23.7 Å². The van der Waals surface area contributed by atoms with Gasteiger partial charge in [-0.15, -0.1) is 0 Å². The number of amides is 1. The third kappa shape index (κ3) is 2.05. The molecule has 1 aromatic rings. The Labute approximate surface area is 120 Å². The zero-order valence-corrected chi connectivity index (χ0v) is 11.4. The lowest BCUT2D eigenvalue weighted by Gasteiger charge is -2.11. The van der Waals surface area contributed by atoms with Crippen LogP contribution in [0, 0.1) is 29.6 Å². The van der Waals surface area contributed by atoms with Crippen molar-refractivity contribution in [2.24, 2.45) is 29.6 Å². The van der Waals surface area contributed by atoms with Gasteiger partial charge in [0.05, 0.1) is 5.56 Å². The molecule has 0 radical (unpaired) electrons. The number of anilines is 1. The van der Waals surface area contributed by atoms with Gasteiger partial charge in [0.1, 0.15) is 0 Å². The van der Waals surface area contributed by atoms with E-state index in [-0.39, 0.29) is 17.5 Å². The second kappa shape index (κ2) is 4.24. The average Bonchev–Trinajstić information content (AvgIpc) is 2.87. The van der Waals surface area contributed by atoms with Gasteiger partial charge in [-0.1, -0.05) is 6.07 Å². The Hall–Kier alpha value is -1.52. The molecule has 3 saturated carbocycles. The molecule has 3 aliphatic carbocycles. The molecule has 4 atom stereocenters. The number of benzene rings is 1. The molecule has 0 spiro atoms. The molecule has 112 valence electrons. The lowest BCUT2D eigenvalue weighted by Crippen LogP contribution is -2.19. The first-order valence-corrected chi connectivity index (χ1v) is 7.43. The van der Waals surface area contributed by atoms with E-state index in [1.165, 1.54) is 31.4 Å². The highest BCUT2D eigenvalue weighted by molar-refractivity contribution is 5.95. The van der Waals surface area contributed by atoms with Gasteiger partial charge in [0.25, 0.3) is 0 Å². The van der Waals surface area contributed by atoms with E-state index in [1.54, 1.807) is 0 Å². The van der Waals surface area contributed by atoms with Crippen LogP contribution in [0.5, 0.6) is 0 Å². The van der Waals surface area contributed by atoms with Crippen LogP contribution in [0.2, 0.25) is 0 Å². The molecule has 2 nitrogen and oxygen atoms in total. The van der Waals surface area contributed by atoms with E-state index >= 15 is 0 Å². The average molecular weight is 295 g/mol. The molecule has 4 rings (SSSR count). The van der Waals surface area contributed by atoms with Crippen molar-refractivity contribution in [3.05, 3.63) is 29.8 Å². The smallest absolute Gasteiger partial charge is 0.326 e. The monoisotopic (exact) mass is 295 g/mol. The molecule has 1 N–H and O–H groups in total.